The van der Waals surface area contributed by atoms with Gasteiger partial charge in [0.1, 0.15) is 12.4 Å². The molecule has 1 aliphatic rings. The van der Waals surface area contributed by atoms with Gasteiger partial charge in [-0.25, -0.2) is 15.0 Å². The molecule has 6 nitrogen and oxygen atoms in total. The van der Waals surface area contributed by atoms with E-state index in [1.165, 1.54) is 13.4 Å². The number of aromatic nitrogens is 2. The molecule has 1 unspecified atom stereocenters. The number of nitrogens with zero attached hydrogens (tertiary/aromatic N) is 3. The lowest BCUT2D eigenvalue weighted by Gasteiger charge is -2.11. The van der Waals surface area contributed by atoms with Gasteiger partial charge in [-0.1, -0.05) is 12.1 Å². The highest BCUT2D eigenvalue weighted by Gasteiger charge is 2.26. The van der Waals surface area contributed by atoms with E-state index in [-0.39, 0.29) is 11.8 Å². The summed E-state index contributed by atoms with van der Waals surface area (Å²) in [5.41, 5.74) is 9.16. The van der Waals surface area contributed by atoms with E-state index in [0.717, 1.165) is 29.5 Å². The quantitative estimate of drug-likeness (QED) is 0.520. The number of benzene rings is 1. The zero-order chi connectivity index (χ0) is 16.2. The topological polar surface area (TPSA) is 90.5 Å². The molecule has 0 aliphatic heterocycles. The van der Waals surface area contributed by atoms with Gasteiger partial charge in [0.05, 0.1) is 7.11 Å². The van der Waals surface area contributed by atoms with Gasteiger partial charge >= 0.3 is 0 Å². The van der Waals surface area contributed by atoms with Crippen LogP contribution < -0.4 is 5.73 Å². The van der Waals surface area contributed by atoms with Crippen molar-refractivity contribution >= 4 is 11.8 Å². The lowest BCUT2D eigenvalue weighted by atomic mass is 9.96. The molecule has 2 aromatic rings. The van der Waals surface area contributed by atoms with Gasteiger partial charge in [0.2, 0.25) is 0 Å². The molecule has 118 valence electrons. The summed E-state index contributed by atoms with van der Waals surface area (Å²) in [6.07, 6.45) is 7.35. The van der Waals surface area contributed by atoms with Crippen molar-refractivity contribution in [1.29, 1.82) is 0 Å². The molecule has 0 bridgehead atoms. The second-order valence-corrected chi connectivity index (χ2v) is 5.44. The second-order valence-electron chi connectivity index (χ2n) is 5.44. The van der Waals surface area contributed by atoms with Crippen LogP contribution in [-0.2, 0) is 11.2 Å². The van der Waals surface area contributed by atoms with E-state index in [9.17, 15) is 4.79 Å². The Morgan fingerprint density at radius 1 is 1.30 bits per heavy atom. The van der Waals surface area contributed by atoms with Crippen LogP contribution in [0.4, 0.5) is 0 Å². The summed E-state index contributed by atoms with van der Waals surface area (Å²) in [5, 5.41) is 0. The Morgan fingerprint density at radius 2 is 2.09 bits per heavy atom. The smallest absolute Gasteiger partial charge is 0.282 e. The van der Waals surface area contributed by atoms with Gasteiger partial charge in [0.25, 0.3) is 6.02 Å². The molecular weight excluding hydrogens is 292 g/mol. The van der Waals surface area contributed by atoms with Crippen LogP contribution in [-0.4, -0.2) is 34.9 Å². The highest BCUT2D eigenvalue weighted by molar-refractivity contribution is 6.03. The van der Waals surface area contributed by atoms with Crippen LogP contribution in [0.15, 0.2) is 41.9 Å². The van der Waals surface area contributed by atoms with Gasteiger partial charge in [-0.3, -0.25) is 4.79 Å². The molecule has 1 heterocycles. The van der Waals surface area contributed by atoms with Crippen LogP contribution >= 0.6 is 0 Å². The molecule has 1 aliphatic carbocycles. The molecule has 0 amide bonds. The van der Waals surface area contributed by atoms with E-state index in [1.807, 2.05) is 18.2 Å². The Morgan fingerprint density at radius 3 is 2.83 bits per heavy atom. The summed E-state index contributed by atoms with van der Waals surface area (Å²) in [7, 11) is 1.45. The zero-order valence-electron chi connectivity index (χ0n) is 12.9. The van der Waals surface area contributed by atoms with Gasteiger partial charge in [0.15, 0.2) is 5.78 Å². The first kappa shape index (κ1) is 15.1. The number of hydrogen-bond acceptors (Lipinski definition) is 5. The number of carbonyl (C=O) groups excluding carboxylic acids is 1. The number of aryl methyl sites for hydroxylation is 1. The summed E-state index contributed by atoms with van der Waals surface area (Å²) in [5.74, 6) is -0.0174. The minimum absolute atomic E-state index is 0.0174. The predicted molar refractivity (Wildman–Crippen MR) is 87.2 cm³/mol. The van der Waals surface area contributed by atoms with Crippen molar-refractivity contribution in [3.63, 3.8) is 0 Å². The largest absolute Gasteiger partial charge is 0.469 e. The van der Waals surface area contributed by atoms with E-state index in [2.05, 4.69) is 15.0 Å². The van der Waals surface area contributed by atoms with E-state index in [0.29, 0.717) is 12.0 Å². The van der Waals surface area contributed by atoms with Gasteiger partial charge in [0, 0.05) is 23.5 Å². The van der Waals surface area contributed by atoms with Crippen molar-refractivity contribution < 1.29 is 9.53 Å². The molecule has 2 N–H and O–H groups in total. The number of Topliss-reactive ketones (excluding diaryl/α,β-unsaturated/α-hetero) is 1. The molecular formula is C17H18N4O2. The van der Waals surface area contributed by atoms with Crippen LogP contribution in [0.2, 0.25) is 0 Å². The molecule has 0 fully saturated rings. The summed E-state index contributed by atoms with van der Waals surface area (Å²) in [6.45, 7) is 0. The number of methoxy groups -OCH3 is 1. The lowest BCUT2D eigenvalue weighted by Crippen LogP contribution is -2.24. The summed E-state index contributed by atoms with van der Waals surface area (Å²) < 4.78 is 4.88. The van der Waals surface area contributed by atoms with Crippen molar-refractivity contribution in [1.82, 2.24) is 9.97 Å². The maximum atomic E-state index is 12.8. The fourth-order valence-corrected chi connectivity index (χ4v) is 2.78. The minimum Gasteiger partial charge on any atom is -0.469 e. The number of aliphatic imine (C=N–C) groups is 1. The van der Waals surface area contributed by atoms with E-state index in [4.69, 9.17) is 10.5 Å². The molecule has 0 saturated heterocycles. The number of amidine groups is 1. The van der Waals surface area contributed by atoms with Crippen molar-refractivity contribution in [2.75, 3.05) is 7.11 Å². The summed E-state index contributed by atoms with van der Waals surface area (Å²) in [6, 6.07) is 5.45. The first-order chi connectivity index (χ1) is 11.2. The molecule has 3 rings (SSSR count). The van der Waals surface area contributed by atoms with Crippen LogP contribution in [0.25, 0.3) is 11.1 Å². The van der Waals surface area contributed by atoms with Crippen molar-refractivity contribution in [3.05, 3.63) is 48.0 Å². The van der Waals surface area contributed by atoms with Gasteiger partial charge in [-0.05, 0) is 36.5 Å². The SMILES string of the molecule is COC(N)=NC1CCCc2ccc(-c3cncnc3)cc2C1=O. The lowest BCUT2D eigenvalue weighted by molar-refractivity contribution is 0.0959. The minimum atomic E-state index is -0.488. The predicted octanol–water partition coefficient (Wildman–Crippen LogP) is 1.99. The van der Waals surface area contributed by atoms with Crippen molar-refractivity contribution in [2.45, 2.75) is 25.3 Å². The Balaban J connectivity index is 2.00. The fourth-order valence-electron chi connectivity index (χ4n) is 2.78. The molecule has 1 atom stereocenters. The number of hydrogen-bond donors (Lipinski definition) is 1. The molecule has 0 radical (unpaired) electrons. The second kappa shape index (κ2) is 6.56. The molecule has 1 aromatic carbocycles. The van der Waals surface area contributed by atoms with Crippen LogP contribution in [0.3, 0.4) is 0 Å². The first-order valence-electron chi connectivity index (χ1n) is 7.49. The number of fused-ring (bicyclic) bond motifs is 1. The standard InChI is InChI=1S/C17H18N4O2/c1-23-17(18)21-15-4-2-3-11-5-6-12(7-14(11)16(15)22)13-8-19-10-20-9-13/h5-10,15H,2-4H2,1H3,(H2,18,21). The van der Waals surface area contributed by atoms with Crippen molar-refractivity contribution in [2.24, 2.45) is 10.7 Å². The van der Waals surface area contributed by atoms with E-state index >= 15 is 0 Å². The van der Waals surface area contributed by atoms with Crippen LogP contribution in [0.1, 0.15) is 28.8 Å². The molecule has 1 aromatic heterocycles. The normalized spacial score (nSPS) is 18.2. The van der Waals surface area contributed by atoms with Crippen LogP contribution in [0, 0.1) is 0 Å². The number of carbonyl (C=O) groups is 1. The monoisotopic (exact) mass is 310 g/mol. The van der Waals surface area contributed by atoms with Gasteiger partial charge in [-0.15, -0.1) is 0 Å². The fraction of sp³-hybridized carbons (Fsp3) is 0.294. The molecule has 0 spiro atoms. The average Bonchev–Trinajstić information content (AvgIpc) is 2.75. The molecule has 0 saturated carbocycles. The highest BCUT2D eigenvalue weighted by atomic mass is 16.5. The molecule has 6 heteroatoms. The molecule has 23 heavy (non-hydrogen) atoms. The maximum absolute atomic E-state index is 12.8. The highest BCUT2D eigenvalue weighted by Crippen LogP contribution is 2.27. The van der Waals surface area contributed by atoms with Gasteiger partial charge < -0.3 is 10.5 Å². The first-order valence-corrected chi connectivity index (χ1v) is 7.49. The third-order valence-corrected chi connectivity index (χ3v) is 3.99. The van der Waals surface area contributed by atoms with Crippen LogP contribution in [0.5, 0.6) is 0 Å². The Bertz CT molecular complexity index is 744. The Labute approximate surface area is 134 Å². The Hall–Kier alpha value is -2.76. The maximum Gasteiger partial charge on any atom is 0.282 e. The van der Waals surface area contributed by atoms with Crippen molar-refractivity contribution in [3.8, 4) is 11.1 Å². The number of rotatable bonds is 2. The number of nitrogens with two attached hydrogens (primary N) is 1. The van der Waals surface area contributed by atoms with E-state index in [1.54, 1.807) is 12.4 Å². The average molecular weight is 310 g/mol. The third-order valence-electron chi connectivity index (χ3n) is 3.99. The third kappa shape index (κ3) is 3.21. The van der Waals surface area contributed by atoms with Gasteiger partial charge in [-0.2, -0.15) is 0 Å². The summed E-state index contributed by atoms with van der Waals surface area (Å²) >= 11 is 0. The summed E-state index contributed by atoms with van der Waals surface area (Å²) in [4.78, 5) is 25.1. The number of ether oxygens (including phenoxy) is 1. The number of ketones is 1. The Kier molecular flexibility index (Phi) is 4.32. The zero-order valence-corrected chi connectivity index (χ0v) is 12.9. The van der Waals surface area contributed by atoms with E-state index < -0.39 is 6.04 Å².